The van der Waals surface area contributed by atoms with Crippen molar-refractivity contribution in [2.24, 2.45) is 0 Å². The molecule has 0 radical (unpaired) electrons. The Hall–Kier alpha value is -1.81. The van der Waals surface area contributed by atoms with E-state index in [9.17, 15) is 4.79 Å². The molecule has 0 spiro atoms. The molecule has 0 saturated carbocycles. The summed E-state index contributed by atoms with van der Waals surface area (Å²) in [5.74, 6) is 0.517. The Morgan fingerprint density at radius 2 is 1.65 bits per heavy atom. The van der Waals surface area contributed by atoms with Crippen LogP contribution in [0.15, 0.2) is 59.1 Å². The smallest absolute Gasteiger partial charge is 0.310 e. The van der Waals surface area contributed by atoms with Gasteiger partial charge in [-0.25, -0.2) is 0 Å². The van der Waals surface area contributed by atoms with Crippen molar-refractivity contribution >= 4 is 21.9 Å². The summed E-state index contributed by atoms with van der Waals surface area (Å²) in [5, 5.41) is 0. The minimum atomic E-state index is -0.240. The standard InChI is InChI=1S/C16H15BrO3/c17-14-6-8-15(9-7-14)19-10-11-20-16(18)12-13-4-2-1-3-5-13/h1-9H,10-12H2. The number of halogens is 1. The van der Waals surface area contributed by atoms with Crippen molar-refractivity contribution in [2.75, 3.05) is 13.2 Å². The van der Waals surface area contributed by atoms with Crippen LogP contribution in [0.5, 0.6) is 5.75 Å². The Labute approximate surface area is 126 Å². The van der Waals surface area contributed by atoms with Crippen molar-refractivity contribution in [2.45, 2.75) is 6.42 Å². The SMILES string of the molecule is O=C(Cc1ccccc1)OCCOc1ccc(Br)cc1. The van der Waals surface area contributed by atoms with Gasteiger partial charge in [0.05, 0.1) is 6.42 Å². The molecule has 0 aliphatic carbocycles. The van der Waals surface area contributed by atoms with Crippen LogP contribution in [0, 0.1) is 0 Å². The number of rotatable bonds is 6. The summed E-state index contributed by atoms with van der Waals surface area (Å²) in [7, 11) is 0. The fraction of sp³-hybridized carbons (Fsp3) is 0.188. The van der Waals surface area contributed by atoms with E-state index in [2.05, 4.69) is 15.9 Å². The van der Waals surface area contributed by atoms with Gasteiger partial charge in [-0.05, 0) is 29.8 Å². The molecule has 0 aliphatic rings. The van der Waals surface area contributed by atoms with Crippen molar-refractivity contribution in [3.05, 3.63) is 64.6 Å². The van der Waals surface area contributed by atoms with Gasteiger partial charge in [0.2, 0.25) is 0 Å². The highest BCUT2D eigenvalue weighted by Gasteiger charge is 2.04. The topological polar surface area (TPSA) is 35.5 Å². The fourth-order valence-electron chi connectivity index (χ4n) is 1.66. The van der Waals surface area contributed by atoms with Crippen LogP contribution in [-0.2, 0) is 16.0 Å². The monoisotopic (exact) mass is 334 g/mol. The molecule has 2 rings (SSSR count). The summed E-state index contributed by atoms with van der Waals surface area (Å²) in [4.78, 5) is 11.6. The summed E-state index contributed by atoms with van der Waals surface area (Å²) < 4.78 is 11.6. The molecule has 20 heavy (non-hydrogen) atoms. The molecule has 0 amide bonds. The third-order valence-electron chi connectivity index (χ3n) is 2.62. The number of benzene rings is 2. The van der Waals surface area contributed by atoms with Crippen molar-refractivity contribution in [3.8, 4) is 5.75 Å². The second-order valence-electron chi connectivity index (χ2n) is 4.19. The van der Waals surface area contributed by atoms with Crippen LogP contribution in [-0.4, -0.2) is 19.2 Å². The van der Waals surface area contributed by atoms with Crippen LogP contribution in [0.1, 0.15) is 5.56 Å². The summed E-state index contributed by atoms with van der Waals surface area (Å²) in [6.07, 6.45) is 0.291. The molecule has 4 heteroatoms. The lowest BCUT2D eigenvalue weighted by Gasteiger charge is -2.07. The zero-order valence-corrected chi connectivity index (χ0v) is 12.5. The molecule has 0 bridgehead atoms. The molecule has 0 heterocycles. The predicted molar refractivity (Wildman–Crippen MR) is 80.7 cm³/mol. The van der Waals surface area contributed by atoms with Crippen LogP contribution in [0.2, 0.25) is 0 Å². The average molecular weight is 335 g/mol. The van der Waals surface area contributed by atoms with E-state index in [0.717, 1.165) is 15.8 Å². The first-order valence-electron chi connectivity index (χ1n) is 6.32. The number of carbonyl (C=O) groups excluding carboxylic acids is 1. The molecule has 0 unspecified atom stereocenters. The van der Waals surface area contributed by atoms with Crippen LogP contribution in [0.25, 0.3) is 0 Å². The minimum Gasteiger partial charge on any atom is -0.490 e. The summed E-state index contributed by atoms with van der Waals surface area (Å²) in [5.41, 5.74) is 0.950. The van der Waals surface area contributed by atoms with Gasteiger partial charge >= 0.3 is 5.97 Å². The molecule has 0 aromatic heterocycles. The highest BCUT2D eigenvalue weighted by atomic mass is 79.9. The molecule has 2 aromatic rings. The molecule has 0 fully saturated rings. The van der Waals surface area contributed by atoms with E-state index >= 15 is 0 Å². The van der Waals surface area contributed by atoms with Crippen molar-refractivity contribution in [1.29, 1.82) is 0 Å². The van der Waals surface area contributed by atoms with Crippen LogP contribution in [0.3, 0.4) is 0 Å². The normalized spacial score (nSPS) is 10.1. The Balaban J connectivity index is 1.66. The second kappa shape index (κ2) is 7.70. The maximum atomic E-state index is 11.6. The number of carbonyl (C=O) groups is 1. The van der Waals surface area contributed by atoms with E-state index in [0.29, 0.717) is 13.0 Å². The van der Waals surface area contributed by atoms with E-state index in [1.807, 2.05) is 54.6 Å². The van der Waals surface area contributed by atoms with Crippen molar-refractivity contribution in [1.82, 2.24) is 0 Å². The average Bonchev–Trinajstić information content (AvgIpc) is 2.46. The zero-order valence-electron chi connectivity index (χ0n) is 10.9. The first kappa shape index (κ1) is 14.6. The second-order valence-corrected chi connectivity index (χ2v) is 5.10. The van der Waals surface area contributed by atoms with E-state index in [1.165, 1.54) is 0 Å². The fourth-order valence-corrected chi connectivity index (χ4v) is 1.92. The largest absolute Gasteiger partial charge is 0.490 e. The van der Waals surface area contributed by atoms with Gasteiger partial charge in [-0.2, -0.15) is 0 Å². The third-order valence-corrected chi connectivity index (χ3v) is 3.15. The molecule has 0 atom stereocenters. The number of ether oxygens (including phenoxy) is 2. The molecular formula is C16H15BrO3. The van der Waals surface area contributed by atoms with E-state index < -0.39 is 0 Å². The molecule has 0 aliphatic heterocycles. The Bertz CT molecular complexity index is 537. The lowest BCUT2D eigenvalue weighted by molar-refractivity contribution is -0.143. The first-order valence-corrected chi connectivity index (χ1v) is 7.11. The first-order chi connectivity index (χ1) is 9.74. The highest BCUT2D eigenvalue weighted by Crippen LogP contribution is 2.15. The van der Waals surface area contributed by atoms with E-state index in [4.69, 9.17) is 9.47 Å². The van der Waals surface area contributed by atoms with Gasteiger partial charge in [0.15, 0.2) is 0 Å². The Morgan fingerprint density at radius 3 is 2.35 bits per heavy atom. The summed E-state index contributed by atoms with van der Waals surface area (Å²) >= 11 is 3.35. The van der Waals surface area contributed by atoms with Gasteiger partial charge < -0.3 is 9.47 Å². The molecule has 0 N–H and O–H groups in total. The lowest BCUT2D eigenvalue weighted by Crippen LogP contribution is -2.13. The Morgan fingerprint density at radius 1 is 0.950 bits per heavy atom. The molecule has 3 nitrogen and oxygen atoms in total. The van der Waals surface area contributed by atoms with Gasteiger partial charge in [0, 0.05) is 4.47 Å². The maximum absolute atomic E-state index is 11.6. The van der Waals surface area contributed by atoms with Crippen molar-refractivity contribution in [3.63, 3.8) is 0 Å². The molecule has 104 valence electrons. The van der Waals surface area contributed by atoms with Crippen LogP contribution >= 0.6 is 15.9 Å². The van der Waals surface area contributed by atoms with E-state index in [-0.39, 0.29) is 12.6 Å². The summed E-state index contributed by atoms with van der Waals surface area (Å²) in [6.45, 7) is 0.601. The van der Waals surface area contributed by atoms with Crippen molar-refractivity contribution < 1.29 is 14.3 Å². The zero-order chi connectivity index (χ0) is 14.2. The van der Waals surface area contributed by atoms with Crippen LogP contribution < -0.4 is 4.74 Å². The molecule has 2 aromatic carbocycles. The predicted octanol–water partition coefficient (Wildman–Crippen LogP) is 3.61. The van der Waals surface area contributed by atoms with Gasteiger partial charge in [-0.1, -0.05) is 46.3 Å². The number of esters is 1. The minimum absolute atomic E-state index is 0.240. The highest BCUT2D eigenvalue weighted by molar-refractivity contribution is 9.10. The van der Waals surface area contributed by atoms with Gasteiger partial charge in [0.25, 0.3) is 0 Å². The summed E-state index contributed by atoms with van der Waals surface area (Å²) in [6, 6.07) is 17.0. The molecule has 0 saturated heterocycles. The number of hydrogen-bond acceptors (Lipinski definition) is 3. The molecular weight excluding hydrogens is 320 g/mol. The Kier molecular flexibility index (Phi) is 5.62. The lowest BCUT2D eigenvalue weighted by atomic mass is 10.2. The van der Waals surface area contributed by atoms with Crippen LogP contribution in [0.4, 0.5) is 0 Å². The third kappa shape index (κ3) is 5.05. The van der Waals surface area contributed by atoms with Gasteiger partial charge in [-0.3, -0.25) is 4.79 Å². The maximum Gasteiger partial charge on any atom is 0.310 e. The quantitative estimate of drug-likeness (QED) is 0.598. The number of hydrogen-bond donors (Lipinski definition) is 0. The van der Waals surface area contributed by atoms with E-state index in [1.54, 1.807) is 0 Å². The van der Waals surface area contributed by atoms with Gasteiger partial charge in [0.1, 0.15) is 19.0 Å². The van der Waals surface area contributed by atoms with Gasteiger partial charge in [-0.15, -0.1) is 0 Å².